The fourth-order valence-corrected chi connectivity index (χ4v) is 3.71. The van der Waals surface area contributed by atoms with E-state index in [2.05, 4.69) is 0 Å². The van der Waals surface area contributed by atoms with E-state index in [0.29, 0.717) is 29.2 Å². The van der Waals surface area contributed by atoms with Gasteiger partial charge < -0.3 is 4.74 Å². The molecule has 0 radical (unpaired) electrons. The van der Waals surface area contributed by atoms with Gasteiger partial charge in [0.1, 0.15) is 5.75 Å². The lowest BCUT2D eigenvalue weighted by Gasteiger charge is -2.13. The molecule has 0 spiro atoms. The number of carbonyl (C=O) groups is 1. The highest BCUT2D eigenvalue weighted by molar-refractivity contribution is 6.30. The average Bonchev–Trinajstić information content (AvgIpc) is 2.82. The highest BCUT2D eigenvalue weighted by atomic mass is 35.5. The van der Waals surface area contributed by atoms with E-state index < -0.39 is 0 Å². The molecule has 0 aromatic heterocycles. The first kappa shape index (κ1) is 21.6. The summed E-state index contributed by atoms with van der Waals surface area (Å²) in [4.78, 5) is 13.3. The second kappa shape index (κ2) is 10.6. The van der Waals surface area contributed by atoms with Crippen LogP contribution in [0.3, 0.4) is 0 Å². The van der Waals surface area contributed by atoms with E-state index >= 15 is 0 Å². The van der Waals surface area contributed by atoms with Gasteiger partial charge in [-0.15, -0.1) is 0 Å². The van der Waals surface area contributed by atoms with Gasteiger partial charge in [0, 0.05) is 29.0 Å². The minimum absolute atomic E-state index is 0.366. The van der Waals surface area contributed by atoms with Crippen molar-refractivity contribution >= 4 is 23.6 Å². The molecule has 0 amide bonds. The van der Waals surface area contributed by atoms with Crippen LogP contribution in [0.15, 0.2) is 115 Å². The van der Waals surface area contributed by atoms with Crippen molar-refractivity contribution in [3.8, 4) is 5.75 Å². The summed E-state index contributed by atoms with van der Waals surface area (Å²) >= 11 is 6.24. The smallest absolute Gasteiger partial charge is 0.339 e. The molecular weight excluding hydrogens is 416 g/mol. The number of rotatable bonds is 7. The second-order valence-electron chi connectivity index (χ2n) is 7.55. The summed E-state index contributed by atoms with van der Waals surface area (Å²) in [6.45, 7) is 0. The molecule has 0 saturated heterocycles. The Kier molecular flexibility index (Phi) is 7.16. The molecule has 0 saturated carbocycles. The number of benzene rings is 4. The molecule has 32 heavy (non-hydrogen) atoms. The second-order valence-corrected chi connectivity index (χ2v) is 7.98. The quantitative estimate of drug-likeness (QED) is 0.174. The normalized spacial score (nSPS) is 11.2. The van der Waals surface area contributed by atoms with E-state index in [1.54, 1.807) is 12.1 Å². The van der Waals surface area contributed by atoms with Crippen LogP contribution in [0.2, 0.25) is 5.02 Å². The van der Waals surface area contributed by atoms with Gasteiger partial charge in [-0.3, -0.25) is 0 Å². The lowest BCUT2D eigenvalue weighted by Crippen LogP contribution is -2.14. The number of halogens is 1. The molecule has 0 aliphatic rings. The zero-order valence-electron chi connectivity index (χ0n) is 17.6. The highest BCUT2D eigenvalue weighted by Crippen LogP contribution is 2.27. The molecular formula is C29H23ClO2. The third-order valence-electron chi connectivity index (χ3n) is 5.10. The Morgan fingerprint density at radius 3 is 2.00 bits per heavy atom. The van der Waals surface area contributed by atoms with Crippen molar-refractivity contribution < 1.29 is 9.53 Å². The van der Waals surface area contributed by atoms with Crippen molar-refractivity contribution in [3.63, 3.8) is 0 Å². The predicted molar refractivity (Wildman–Crippen MR) is 131 cm³/mol. The zero-order chi connectivity index (χ0) is 22.2. The number of esters is 1. The van der Waals surface area contributed by atoms with Crippen molar-refractivity contribution in [3.05, 3.63) is 142 Å². The van der Waals surface area contributed by atoms with Gasteiger partial charge in [0.2, 0.25) is 0 Å². The van der Waals surface area contributed by atoms with Crippen LogP contribution in [0, 0.1) is 0 Å². The summed E-state index contributed by atoms with van der Waals surface area (Å²) in [5.41, 5.74) is 4.58. The molecule has 0 N–H and O–H groups in total. The summed E-state index contributed by atoms with van der Waals surface area (Å²) in [5.74, 6) is 0.157. The summed E-state index contributed by atoms with van der Waals surface area (Å²) in [6.07, 6.45) is 3.00. The Morgan fingerprint density at radius 1 is 0.750 bits per heavy atom. The lowest BCUT2D eigenvalue weighted by molar-refractivity contribution is -0.130. The van der Waals surface area contributed by atoms with Crippen LogP contribution in [-0.2, 0) is 17.6 Å². The average molecular weight is 439 g/mol. The van der Waals surface area contributed by atoms with Crippen molar-refractivity contribution in [2.75, 3.05) is 0 Å². The number of hydrogen-bond acceptors (Lipinski definition) is 2. The van der Waals surface area contributed by atoms with Crippen molar-refractivity contribution in [2.24, 2.45) is 0 Å². The topological polar surface area (TPSA) is 26.3 Å². The number of carbonyl (C=O) groups excluding carboxylic acids is 1. The van der Waals surface area contributed by atoms with Gasteiger partial charge in [-0.05, 0) is 41.0 Å². The standard InChI is InChI=1S/C29H23ClO2/c30-27-16-17-28(25(21-27)18-22-10-4-1-5-11-22)32-29(31)26(19-23-12-6-2-7-13-23)20-24-14-8-3-9-15-24/h1-17,19,21H,18,20H2. The third kappa shape index (κ3) is 5.96. The largest absolute Gasteiger partial charge is 0.423 e. The Balaban J connectivity index is 1.63. The third-order valence-corrected chi connectivity index (χ3v) is 5.34. The molecule has 3 heteroatoms. The monoisotopic (exact) mass is 438 g/mol. The fourth-order valence-electron chi connectivity index (χ4n) is 3.52. The molecule has 0 aliphatic heterocycles. The first-order valence-electron chi connectivity index (χ1n) is 10.5. The Labute approximate surface area is 193 Å². The van der Waals surface area contributed by atoms with Crippen LogP contribution >= 0.6 is 11.6 Å². The Bertz CT molecular complexity index is 1200. The predicted octanol–water partition coefficient (Wildman–Crippen LogP) is 7.16. The summed E-state index contributed by atoms with van der Waals surface area (Å²) in [5, 5.41) is 0.611. The maximum absolute atomic E-state index is 13.3. The van der Waals surface area contributed by atoms with Crippen molar-refractivity contribution in [1.82, 2.24) is 0 Å². The molecule has 4 aromatic rings. The molecule has 0 atom stereocenters. The maximum Gasteiger partial charge on any atom is 0.339 e. The molecule has 4 aromatic carbocycles. The SMILES string of the molecule is O=C(Oc1ccc(Cl)cc1Cc1ccccc1)C(=Cc1ccccc1)Cc1ccccc1. The molecule has 4 rings (SSSR count). The van der Waals surface area contributed by atoms with Gasteiger partial charge in [-0.1, -0.05) is 103 Å². The van der Waals surface area contributed by atoms with E-state index in [1.807, 2.05) is 103 Å². The van der Waals surface area contributed by atoms with Gasteiger partial charge >= 0.3 is 5.97 Å². The first-order valence-corrected chi connectivity index (χ1v) is 10.9. The van der Waals surface area contributed by atoms with Crippen LogP contribution in [0.5, 0.6) is 5.75 Å². The molecule has 0 heterocycles. The molecule has 0 fully saturated rings. The van der Waals surface area contributed by atoms with Crippen molar-refractivity contribution in [2.45, 2.75) is 12.8 Å². The van der Waals surface area contributed by atoms with E-state index in [-0.39, 0.29) is 5.97 Å². The van der Waals surface area contributed by atoms with Crippen molar-refractivity contribution in [1.29, 1.82) is 0 Å². The van der Waals surface area contributed by atoms with Gasteiger partial charge in [0.15, 0.2) is 0 Å². The molecule has 0 aliphatic carbocycles. The van der Waals surface area contributed by atoms with Gasteiger partial charge in [-0.25, -0.2) is 4.79 Å². The summed E-state index contributed by atoms with van der Waals surface area (Å²) in [7, 11) is 0. The van der Waals surface area contributed by atoms with E-state index in [4.69, 9.17) is 16.3 Å². The fraction of sp³-hybridized carbons (Fsp3) is 0.0690. The van der Waals surface area contributed by atoms with Gasteiger partial charge in [0.05, 0.1) is 0 Å². The van der Waals surface area contributed by atoms with Gasteiger partial charge in [0.25, 0.3) is 0 Å². The van der Waals surface area contributed by atoms with E-state index in [9.17, 15) is 4.79 Å². The van der Waals surface area contributed by atoms with Crippen LogP contribution in [0.4, 0.5) is 0 Å². The van der Waals surface area contributed by atoms with Crippen LogP contribution in [0.25, 0.3) is 6.08 Å². The van der Waals surface area contributed by atoms with E-state index in [1.165, 1.54) is 0 Å². The van der Waals surface area contributed by atoms with Gasteiger partial charge in [-0.2, -0.15) is 0 Å². The maximum atomic E-state index is 13.3. The lowest BCUT2D eigenvalue weighted by atomic mass is 10.0. The minimum atomic E-state index is -0.366. The summed E-state index contributed by atoms with van der Waals surface area (Å²) < 4.78 is 5.91. The number of hydrogen-bond donors (Lipinski definition) is 0. The van der Waals surface area contributed by atoms with Crippen LogP contribution < -0.4 is 4.74 Å². The minimum Gasteiger partial charge on any atom is -0.423 e. The molecule has 0 bridgehead atoms. The molecule has 2 nitrogen and oxygen atoms in total. The zero-order valence-corrected chi connectivity index (χ0v) is 18.3. The Morgan fingerprint density at radius 2 is 1.34 bits per heavy atom. The van der Waals surface area contributed by atoms with E-state index in [0.717, 1.165) is 22.3 Å². The van der Waals surface area contributed by atoms with Crippen LogP contribution in [-0.4, -0.2) is 5.97 Å². The highest BCUT2D eigenvalue weighted by Gasteiger charge is 2.16. The first-order chi connectivity index (χ1) is 15.7. The van der Waals surface area contributed by atoms with Crippen LogP contribution in [0.1, 0.15) is 22.3 Å². The Hall–Kier alpha value is -3.62. The molecule has 0 unspecified atom stereocenters. The summed E-state index contributed by atoms with van der Waals surface area (Å²) in [6, 6.07) is 35.1. The number of ether oxygens (including phenoxy) is 1. The molecule has 158 valence electrons.